The summed E-state index contributed by atoms with van der Waals surface area (Å²) in [6, 6.07) is 9.84. The van der Waals surface area contributed by atoms with Gasteiger partial charge in [0.05, 0.1) is 4.90 Å². The topological polar surface area (TPSA) is 95.6 Å². The largest absolute Gasteiger partial charge is 0.446 e. The predicted octanol–water partition coefficient (Wildman–Crippen LogP) is 2.62. The molecule has 12 heteroatoms. The molecule has 0 aliphatic carbocycles. The molecule has 2 rings (SSSR count). The van der Waals surface area contributed by atoms with Gasteiger partial charge >= 0.3 is 5.51 Å². The van der Waals surface area contributed by atoms with Crippen molar-refractivity contribution in [1.82, 2.24) is 15.2 Å². The van der Waals surface area contributed by atoms with E-state index in [1.54, 1.807) is 0 Å². The average Bonchev–Trinajstić information content (AvgIpc) is 2.65. The predicted molar refractivity (Wildman–Crippen MR) is 101 cm³/mol. The number of carbonyl (C=O) groups is 2. The van der Waals surface area contributed by atoms with Crippen LogP contribution < -0.4 is 10.9 Å². The van der Waals surface area contributed by atoms with E-state index in [2.05, 4.69) is 10.9 Å². The summed E-state index contributed by atoms with van der Waals surface area (Å²) in [5, 5.41) is 0. The molecule has 2 amide bonds. The second kappa shape index (κ2) is 8.84. The summed E-state index contributed by atoms with van der Waals surface area (Å²) in [4.78, 5) is 24.0. The van der Waals surface area contributed by atoms with Crippen LogP contribution in [0.2, 0.25) is 0 Å². The van der Waals surface area contributed by atoms with Gasteiger partial charge in [-0.15, -0.1) is 0 Å². The summed E-state index contributed by atoms with van der Waals surface area (Å²) in [5.41, 5.74) is -0.174. The van der Waals surface area contributed by atoms with Gasteiger partial charge < -0.3 is 0 Å². The molecule has 0 bridgehead atoms. The first-order valence-corrected chi connectivity index (χ1v) is 10.1. The summed E-state index contributed by atoms with van der Waals surface area (Å²) >= 11 is -0.312. The zero-order valence-corrected chi connectivity index (χ0v) is 16.8. The molecule has 0 spiro atoms. The minimum absolute atomic E-state index is 0.00912. The summed E-state index contributed by atoms with van der Waals surface area (Å²) < 4.78 is 62.2. The van der Waals surface area contributed by atoms with E-state index >= 15 is 0 Å². The Balaban J connectivity index is 2.03. The number of amides is 2. The van der Waals surface area contributed by atoms with Crippen LogP contribution in [0.5, 0.6) is 0 Å². The molecule has 0 saturated heterocycles. The van der Waals surface area contributed by atoms with Crippen LogP contribution >= 0.6 is 11.8 Å². The Labute approximate surface area is 169 Å². The van der Waals surface area contributed by atoms with Crippen LogP contribution in [0.4, 0.5) is 13.2 Å². The van der Waals surface area contributed by atoms with Gasteiger partial charge in [0.2, 0.25) is 10.0 Å². The Kier molecular flexibility index (Phi) is 6.93. The van der Waals surface area contributed by atoms with Crippen LogP contribution in [0.3, 0.4) is 0 Å². The number of nitrogens with zero attached hydrogens (tertiary/aromatic N) is 1. The van der Waals surface area contributed by atoms with E-state index in [1.165, 1.54) is 44.4 Å². The number of carbonyl (C=O) groups excluding carboxylic acids is 2. The molecule has 0 fully saturated rings. The zero-order valence-electron chi connectivity index (χ0n) is 15.1. The van der Waals surface area contributed by atoms with Crippen molar-refractivity contribution >= 4 is 33.6 Å². The van der Waals surface area contributed by atoms with Crippen molar-refractivity contribution < 1.29 is 31.2 Å². The Hall–Kier alpha value is -2.57. The van der Waals surface area contributed by atoms with E-state index in [4.69, 9.17) is 0 Å². The Morgan fingerprint density at radius 1 is 0.931 bits per heavy atom. The number of thioether (sulfide) groups is 1. The number of rotatable bonds is 5. The molecule has 29 heavy (non-hydrogen) atoms. The van der Waals surface area contributed by atoms with Gasteiger partial charge in [-0.25, -0.2) is 12.7 Å². The number of hydrazine groups is 1. The zero-order chi connectivity index (χ0) is 21.8. The molecule has 2 N–H and O–H groups in total. The highest BCUT2D eigenvalue weighted by Crippen LogP contribution is 2.36. The SMILES string of the molecule is CN(C)S(=O)(=O)c1cccc(C(=O)NNC(=O)c2ccc(SC(F)(F)F)cc2)c1. The molecule has 0 atom stereocenters. The lowest BCUT2D eigenvalue weighted by molar-refractivity contribution is -0.0328. The maximum Gasteiger partial charge on any atom is 0.446 e. The standard InChI is InChI=1S/C17H16F3N3O4S2/c1-23(2)29(26,27)14-5-3-4-12(10-14)16(25)22-21-15(24)11-6-8-13(9-7-11)28-17(18,19)20/h3-10H,1-2H3,(H,21,24)(H,22,25). The number of halogens is 3. The fourth-order valence-corrected chi connectivity index (χ4v) is 3.56. The minimum Gasteiger partial charge on any atom is -0.267 e. The van der Waals surface area contributed by atoms with Crippen molar-refractivity contribution in [1.29, 1.82) is 0 Å². The van der Waals surface area contributed by atoms with Crippen molar-refractivity contribution in [2.45, 2.75) is 15.3 Å². The number of alkyl halides is 3. The van der Waals surface area contributed by atoms with Crippen LogP contribution in [-0.2, 0) is 10.0 Å². The van der Waals surface area contributed by atoms with Crippen molar-refractivity contribution in [2.24, 2.45) is 0 Å². The fraction of sp³-hybridized carbons (Fsp3) is 0.176. The Bertz CT molecular complexity index is 1010. The minimum atomic E-state index is -4.44. The van der Waals surface area contributed by atoms with E-state index in [-0.39, 0.29) is 32.7 Å². The van der Waals surface area contributed by atoms with Crippen LogP contribution in [0.25, 0.3) is 0 Å². The van der Waals surface area contributed by atoms with Crippen LogP contribution in [0.15, 0.2) is 58.3 Å². The van der Waals surface area contributed by atoms with Crippen molar-refractivity contribution in [2.75, 3.05) is 14.1 Å². The Morgan fingerprint density at radius 2 is 1.48 bits per heavy atom. The van der Waals surface area contributed by atoms with E-state index < -0.39 is 27.3 Å². The molecule has 156 valence electrons. The first-order valence-electron chi connectivity index (χ1n) is 7.89. The third kappa shape index (κ3) is 6.21. The van der Waals surface area contributed by atoms with Gasteiger partial charge in [0.1, 0.15) is 0 Å². The summed E-state index contributed by atoms with van der Waals surface area (Å²) in [5.74, 6) is -1.52. The van der Waals surface area contributed by atoms with Gasteiger partial charge in [0.15, 0.2) is 0 Å². The smallest absolute Gasteiger partial charge is 0.267 e. The lowest BCUT2D eigenvalue weighted by atomic mass is 10.2. The van der Waals surface area contributed by atoms with E-state index in [0.717, 1.165) is 22.5 Å². The van der Waals surface area contributed by atoms with Gasteiger partial charge in [-0.1, -0.05) is 6.07 Å². The fourth-order valence-electron chi connectivity index (χ4n) is 2.07. The molecule has 2 aromatic carbocycles. The highest BCUT2D eigenvalue weighted by atomic mass is 32.2. The molecular formula is C17H16F3N3O4S2. The summed E-state index contributed by atoms with van der Waals surface area (Å²) in [6.45, 7) is 0. The van der Waals surface area contributed by atoms with Crippen molar-refractivity contribution in [3.63, 3.8) is 0 Å². The van der Waals surface area contributed by atoms with Crippen LogP contribution in [0, 0.1) is 0 Å². The van der Waals surface area contributed by atoms with E-state index in [1.807, 2.05) is 0 Å². The number of nitrogens with one attached hydrogen (secondary N) is 2. The summed E-state index contributed by atoms with van der Waals surface area (Å²) in [6.07, 6.45) is 0. The number of sulfonamides is 1. The molecular weight excluding hydrogens is 431 g/mol. The van der Waals surface area contributed by atoms with Crippen LogP contribution in [0.1, 0.15) is 20.7 Å². The first kappa shape index (κ1) is 22.7. The van der Waals surface area contributed by atoms with Gasteiger partial charge in [-0.3, -0.25) is 20.4 Å². The molecule has 2 aromatic rings. The van der Waals surface area contributed by atoms with Gasteiger partial charge in [0, 0.05) is 30.1 Å². The molecule has 0 saturated carbocycles. The Morgan fingerprint density at radius 3 is 2.00 bits per heavy atom. The molecule has 0 radical (unpaired) electrons. The van der Waals surface area contributed by atoms with Gasteiger partial charge in [-0.05, 0) is 54.2 Å². The third-order valence-corrected chi connectivity index (χ3v) is 6.06. The lowest BCUT2D eigenvalue weighted by Gasteiger charge is -2.12. The monoisotopic (exact) mass is 447 g/mol. The third-order valence-electron chi connectivity index (χ3n) is 3.51. The second-order valence-corrected chi connectivity index (χ2v) is 9.09. The second-order valence-electron chi connectivity index (χ2n) is 5.80. The highest BCUT2D eigenvalue weighted by Gasteiger charge is 2.29. The van der Waals surface area contributed by atoms with Gasteiger partial charge in [-0.2, -0.15) is 13.2 Å². The van der Waals surface area contributed by atoms with Gasteiger partial charge in [0.25, 0.3) is 11.8 Å². The molecule has 0 unspecified atom stereocenters. The van der Waals surface area contributed by atoms with E-state index in [0.29, 0.717) is 0 Å². The number of hydrogen-bond donors (Lipinski definition) is 2. The molecule has 7 nitrogen and oxygen atoms in total. The maximum absolute atomic E-state index is 12.3. The van der Waals surface area contributed by atoms with Crippen LogP contribution in [-0.4, -0.2) is 44.1 Å². The average molecular weight is 447 g/mol. The number of benzene rings is 2. The first-order chi connectivity index (χ1) is 13.4. The normalized spacial score (nSPS) is 11.9. The molecule has 0 aliphatic rings. The summed E-state index contributed by atoms with van der Waals surface area (Å²) in [7, 11) is -1.04. The molecule has 0 aromatic heterocycles. The maximum atomic E-state index is 12.3. The quantitative estimate of drug-likeness (QED) is 0.543. The molecule has 0 aliphatic heterocycles. The number of hydrogen-bond acceptors (Lipinski definition) is 5. The highest BCUT2D eigenvalue weighted by molar-refractivity contribution is 8.00. The van der Waals surface area contributed by atoms with E-state index in [9.17, 15) is 31.2 Å². The van der Waals surface area contributed by atoms with Crippen molar-refractivity contribution in [3.8, 4) is 0 Å². The lowest BCUT2D eigenvalue weighted by Crippen LogP contribution is -2.41. The molecule has 0 heterocycles. The van der Waals surface area contributed by atoms with Crippen molar-refractivity contribution in [3.05, 3.63) is 59.7 Å².